The van der Waals surface area contributed by atoms with E-state index in [4.69, 9.17) is 10.5 Å². The highest BCUT2D eigenvalue weighted by molar-refractivity contribution is 5.27. The van der Waals surface area contributed by atoms with Crippen molar-refractivity contribution in [2.45, 2.75) is 19.3 Å². The van der Waals surface area contributed by atoms with Gasteiger partial charge in [0.1, 0.15) is 5.75 Å². The zero-order valence-electron chi connectivity index (χ0n) is 8.67. The fourth-order valence-corrected chi connectivity index (χ4v) is 1.13. The second-order valence-corrected chi connectivity index (χ2v) is 3.54. The van der Waals surface area contributed by atoms with Gasteiger partial charge in [-0.15, -0.1) is 0 Å². The van der Waals surface area contributed by atoms with Gasteiger partial charge in [-0.25, -0.2) is 8.78 Å². The Kier molecular flexibility index (Phi) is 4.03. The van der Waals surface area contributed by atoms with Gasteiger partial charge in [0.05, 0.1) is 0 Å². The molecule has 1 aromatic carbocycles. The Morgan fingerprint density at radius 3 is 2.33 bits per heavy atom. The van der Waals surface area contributed by atoms with E-state index in [2.05, 4.69) is 0 Å². The first-order valence-corrected chi connectivity index (χ1v) is 4.81. The van der Waals surface area contributed by atoms with E-state index < -0.39 is 12.5 Å². The van der Waals surface area contributed by atoms with Crippen LogP contribution in [0.3, 0.4) is 0 Å². The second kappa shape index (κ2) is 5.07. The number of benzene rings is 1. The van der Waals surface area contributed by atoms with Crippen LogP contribution in [0.2, 0.25) is 0 Å². The molecule has 84 valence electrons. The Bertz CT molecular complexity index is 292. The minimum Gasteiger partial charge on any atom is -0.487 e. The van der Waals surface area contributed by atoms with Crippen LogP contribution in [-0.2, 0) is 6.42 Å². The van der Waals surface area contributed by atoms with Crippen molar-refractivity contribution in [3.05, 3.63) is 29.8 Å². The molecule has 0 spiro atoms. The largest absolute Gasteiger partial charge is 0.487 e. The van der Waals surface area contributed by atoms with E-state index >= 15 is 0 Å². The van der Waals surface area contributed by atoms with Crippen molar-refractivity contribution < 1.29 is 13.5 Å². The molecule has 0 bridgehead atoms. The molecule has 2 nitrogen and oxygen atoms in total. The van der Waals surface area contributed by atoms with Crippen LogP contribution >= 0.6 is 0 Å². The summed E-state index contributed by atoms with van der Waals surface area (Å²) in [6, 6.07) is 7.01. The van der Waals surface area contributed by atoms with Crippen LogP contribution in [0.4, 0.5) is 8.78 Å². The lowest BCUT2D eigenvalue weighted by Crippen LogP contribution is -2.20. The molecule has 0 aliphatic heterocycles. The Balaban J connectivity index is 2.50. The van der Waals surface area contributed by atoms with Gasteiger partial charge in [-0.3, -0.25) is 0 Å². The van der Waals surface area contributed by atoms with Crippen molar-refractivity contribution in [2.24, 2.45) is 5.73 Å². The number of nitrogens with two attached hydrogens (primary N) is 1. The SMILES string of the molecule is CC(F)(F)COc1ccc(CCN)cc1. The maximum Gasteiger partial charge on any atom is 0.278 e. The van der Waals surface area contributed by atoms with E-state index in [0.29, 0.717) is 12.3 Å². The van der Waals surface area contributed by atoms with E-state index in [1.54, 1.807) is 12.1 Å². The maximum absolute atomic E-state index is 12.5. The molecule has 0 aromatic heterocycles. The topological polar surface area (TPSA) is 35.2 Å². The summed E-state index contributed by atoms with van der Waals surface area (Å²) in [5.41, 5.74) is 6.46. The van der Waals surface area contributed by atoms with Crippen molar-refractivity contribution in [3.8, 4) is 5.75 Å². The molecule has 2 N–H and O–H groups in total. The highest BCUT2D eigenvalue weighted by atomic mass is 19.3. The zero-order chi connectivity index (χ0) is 11.3. The molecule has 0 aliphatic rings. The molecule has 4 heteroatoms. The number of rotatable bonds is 5. The molecule has 0 aliphatic carbocycles. The maximum atomic E-state index is 12.5. The summed E-state index contributed by atoms with van der Waals surface area (Å²) < 4.78 is 29.9. The summed E-state index contributed by atoms with van der Waals surface area (Å²) in [5.74, 6) is -2.34. The van der Waals surface area contributed by atoms with Gasteiger partial charge in [0.15, 0.2) is 6.61 Å². The van der Waals surface area contributed by atoms with Crippen molar-refractivity contribution in [2.75, 3.05) is 13.2 Å². The molecule has 0 saturated heterocycles. The van der Waals surface area contributed by atoms with Crippen LogP contribution in [0, 0.1) is 0 Å². The first kappa shape index (κ1) is 11.9. The van der Waals surface area contributed by atoms with E-state index in [-0.39, 0.29) is 0 Å². The standard InChI is InChI=1S/C11H15F2NO/c1-11(12,13)8-15-10-4-2-9(3-5-10)6-7-14/h2-5H,6-8,14H2,1H3. The number of alkyl halides is 2. The molecular formula is C11H15F2NO. The van der Waals surface area contributed by atoms with Crippen molar-refractivity contribution in [1.29, 1.82) is 0 Å². The average molecular weight is 215 g/mol. The summed E-state index contributed by atoms with van der Waals surface area (Å²) in [6.45, 7) is 0.812. The zero-order valence-corrected chi connectivity index (χ0v) is 8.67. The monoisotopic (exact) mass is 215 g/mol. The lowest BCUT2D eigenvalue weighted by atomic mass is 10.1. The number of hydrogen-bond donors (Lipinski definition) is 1. The van der Waals surface area contributed by atoms with Crippen LogP contribution < -0.4 is 10.5 Å². The fourth-order valence-electron chi connectivity index (χ4n) is 1.13. The number of ether oxygens (including phenoxy) is 1. The van der Waals surface area contributed by atoms with Crippen LogP contribution in [0.1, 0.15) is 12.5 Å². The third-order valence-electron chi connectivity index (χ3n) is 1.85. The Morgan fingerprint density at radius 1 is 1.27 bits per heavy atom. The number of halogens is 2. The lowest BCUT2D eigenvalue weighted by Gasteiger charge is -2.12. The Labute approximate surface area is 88.0 Å². The smallest absolute Gasteiger partial charge is 0.278 e. The van der Waals surface area contributed by atoms with Gasteiger partial charge in [-0.2, -0.15) is 0 Å². The fraction of sp³-hybridized carbons (Fsp3) is 0.455. The van der Waals surface area contributed by atoms with E-state index in [0.717, 1.165) is 18.9 Å². The summed E-state index contributed by atoms with van der Waals surface area (Å²) in [4.78, 5) is 0. The molecule has 0 atom stereocenters. The third kappa shape index (κ3) is 4.74. The van der Waals surface area contributed by atoms with E-state index in [1.807, 2.05) is 12.1 Å². The number of hydrogen-bond acceptors (Lipinski definition) is 2. The molecule has 0 fully saturated rings. The summed E-state index contributed by atoms with van der Waals surface area (Å²) >= 11 is 0. The summed E-state index contributed by atoms with van der Waals surface area (Å²) in [6.07, 6.45) is 0.782. The van der Waals surface area contributed by atoms with Crippen LogP contribution in [-0.4, -0.2) is 19.1 Å². The highest BCUT2D eigenvalue weighted by Crippen LogP contribution is 2.17. The van der Waals surface area contributed by atoms with Gasteiger partial charge in [0.2, 0.25) is 0 Å². The predicted molar refractivity (Wildman–Crippen MR) is 55.3 cm³/mol. The third-order valence-corrected chi connectivity index (χ3v) is 1.85. The van der Waals surface area contributed by atoms with Crippen molar-refractivity contribution >= 4 is 0 Å². The van der Waals surface area contributed by atoms with Gasteiger partial charge >= 0.3 is 0 Å². The first-order chi connectivity index (χ1) is 7.01. The molecule has 15 heavy (non-hydrogen) atoms. The quantitative estimate of drug-likeness (QED) is 0.817. The second-order valence-electron chi connectivity index (χ2n) is 3.54. The average Bonchev–Trinajstić information content (AvgIpc) is 2.16. The highest BCUT2D eigenvalue weighted by Gasteiger charge is 2.21. The van der Waals surface area contributed by atoms with Crippen molar-refractivity contribution in [3.63, 3.8) is 0 Å². The Morgan fingerprint density at radius 2 is 1.87 bits per heavy atom. The first-order valence-electron chi connectivity index (χ1n) is 4.81. The van der Waals surface area contributed by atoms with Crippen LogP contribution in [0.15, 0.2) is 24.3 Å². The van der Waals surface area contributed by atoms with Gasteiger partial charge in [-0.05, 0) is 30.7 Å². The molecule has 0 amide bonds. The Hall–Kier alpha value is -1.16. The minimum absolute atomic E-state index is 0.456. The van der Waals surface area contributed by atoms with E-state index in [9.17, 15) is 8.78 Å². The summed E-state index contributed by atoms with van der Waals surface area (Å²) in [7, 11) is 0. The summed E-state index contributed by atoms with van der Waals surface area (Å²) in [5, 5.41) is 0. The van der Waals surface area contributed by atoms with Gasteiger partial charge in [0.25, 0.3) is 5.92 Å². The van der Waals surface area contributed by atoms with Crippen LogP contribution in [0.25, 0.3) is 0 Å². The molecule has 1 aromatic rings. The molecular weight excluding hydrogens is 200 g/mol. The minimum atomic E-state index is -2.80. The molecule has 0 saturated carbocycles. The van der Waals surface area contributed by atoms with E-state index in [1.165, 1.54) is 0 Å². The lowest BCUT2D eigenvalue weighted by molar-refractivity contribution is -0.0229. The molecule has 0 heterocycles. The molecule has 1 rings (SSSR count). The van der Waals surface area contributed by atoms with Crippen molar-refractivity contribution in [1.82, 2.24) is 0 Å². The predicted octanol–water partition coefficient (Wildman–Crippen LogP) is 2.22. The molecule has 0 unspecified atom stereocenters. The molecule has 0 radical (unpaired) electrons. The van der Waals surface area contributed by atoms with Gasteiger partial charge in [0, 0.05) is 6.92 Å². The van der Waals surface area contributed by atoms with Gasteiger partial charge < -0.3 is 10.5 Å². The normalized spacial score (nSPS) is 11.5. The van der Waals surface area contributed by atoms with Gasteiger partial charge in [-0.1, -0.05) is 12.1 Å². The van der Waals surface area contributed by atoms with Crippen LogP contribution in [0.5, 0.6) is 5.75 Å².